The summed E-state index contributed by atoms with van der Waals surface area (Å²) in [5, 5.41) is 13.0. The van der Waals surface area contributed by atoms with Gasteiger partial charge in [-0.05, 0) is 150 Å². The van der Waals surface area contributed by atoms with Crippen molar-refractivity contribution in [3.63, 3.8) is 0 Å². The van der Waals surface area contributed by atoms with Crippen LogP contribution < -0.4 is 0 Å². The Morgan fingerprint density at radius 2 is 0.938 bits per heavy atom. The summed E-state index contributed by atoms with van der Waals surface area (Å²) >= 11 is 0. The Balaban J connectivity index is 1.50. The van der Waals surface area contributed by atoms with Crippen molar-refractivity contribution in [2.75, 3.05) is 0 Å². The van der Waals surface area contributed by atoms with Gasteiger partial charge in [0.25, 0.3) is 0 Å². The van der Waals surface area contributed by atoms with Crippen molar-refractivity contribution in [2.45, 2.75) is 138 Å². The second-order valence-electron chi connectivity index (χ2n) is 23.6. The van der Waals surface area contributed by atoms with Crippen LogP contribution >= 0.6 is 0 Å². The van der Waals surface area contributed by atoms with E-state index in [0.29, 0.717) is 11.4 Å². The molecule has 0 bridgehead atoms. The summed E-state index contributed by atoms with van der Waals surface area (Å²) in [5.41, 5.74) is 18.2. The Morgan fingerprint density at radius 3 is 1.51 bits per heavy atom. The minimum absolute atomic E-state index is 0.0161. The van der Waals surface area contributed by atoms with Crippen molar-refractivity contribution in [3.8, 4) is 56.2 Å². The largest absolute Gasteiger partial charge is 0.507 e. The molecule has 2 aromatic heterocycles. The highest BCUT2D eigenvalue weighted by Gasteiger charge is 2.27. The highest BCUT2D eigenvalue weighted by Crippen LogP contribution is 2.44. The van der Waals surface area contributed by atoms with Crippen LogP contribution in [0.4, 0.5) is 0 Å². The Labute approximate surface area is 388 Å². The Kier molecular flexibility index (Phi) is 11.1. The molecule has 0 aliphatic heterocycles. The fraction of sp³-hybridized carbons (Fsp3) is 0.344. The van der Waals surface area contributed by atoms with E-state index in [-0.39, 0.29) is 32.8 Å². The van der Waals surface area contributed by atoms with E-state index in [0.717, 1.165) is 55.6 Å². The number of rotatable bonds is 5. The van der Waals surface area contributed by atoms with E-state index >= 15 is 0 Å². The van der Waals surface area contributed by atoms with Gasteiger partial charge in [-0.15, -0.1) is 0 Å². The fourth-order valence-electron chi connectivity index (χ4n) is 8.85. The standard InChI is InChI=1S/C61H69N3O/c1-37-26-27-62-54-48(37)35-46(61(14,15)16)36-50(54)39-19-17-18-38(28-39)49-31-41(40-29-44(59(8,9)10)33-45(30-40)60(11,12)13)32-52-55(49)63-56(51-34-43(58(5,6)7)22-25-53(51)65)64(52)47-23-20-42(21-24-47)57(2,3)4/h17-36,65H,1-16H3. The van der Waals surface area contributed by atoms with Gasteiger partial charge in [-0.1, -0.05) is 158 Å². The van der Waals surface area contributed by atoms with E-state index in [9.17, 15) is 5.11 Å². The molecule has 8 rings (SSSR count). The lowest BCUT2D eigenvalue weighted by Gasteiger charge is -2.26. The summed E-state index contributed by atoms with van der Waals surface area (Å²) < 4.78 is 2.27. The molecule has 0 aliphatic rings. The van der Waals surface area contributed by atoms with Crippen LogP contribution in [0.25, 0.3) is 72.4 Å². The summed E-state index contributed by atoms with van der Waals surface area (Å²) in [6, 6.07) is 42.4. The molecule has 4 heteroatoms. The fourth-order valence-corrected chi connectivity index (χ4v) is 8.85. The van der Waals surface area contributed by atoms with Gasteiger partial charge in [0.1, 0.15) is 11.6 Å². The predicted octanol–water partition coefficient (Wildman–Crippen LogP) is 16.7. The van der Waals surface area contributed by atoms with Crippen LogP contribution in [0.15, 0.2) is 121 Å². The van der Waals surface area contributed by atoms with E-state index in [4.69, 9.17) is 9.97 Å². The molecular weight excluding hydrogens is 791 g/mol. The van der Waals surface area contributed by atoms with Crippen molar-refractivity contribution in [1.29, 1.82) is 0 Å². The first-order valence-corrected chi connectivity index (χ1v) is 23.4. The minimum Gasteiger partial charge on any atom is -0.507 e. The van der Waals surface area contributed by atoms with E-state index < -0.39 is 0 Å². The molecule has 0 saturated carbocycles. The number of imidazole rings is 1. The van der Waals surface area contributed by atoms with Crippen LogP contribution in [0.2, 0.25) is 0 Å². The summed E-state index contributed by atoms with van der Waals surface area (Å²) in [6.07, 6.45) is 1.93. The zero-order valence-corrected chi connectivity index (χ0v) is 41.8. The van der Waals surface area contributed by atoms with E-state index in [1.54, 1.807) is 0 Å². The third kappa shape index (κ3) is 8.89. The van der Waals surface area contributed by atoms with Crippen LogP contribution in [0.1, 0.15) is 137 Å². The molecule has 0 saturated heterocycles. The first-order valence-electron chi connectivity index (χ1n) is 23.4. The number of hydrogen-bond donors (Lipinski definition) is 1. The molecule has 1 N–H and O–H groups in total. The van der Waals surface area contributed by atoms with Gasteiger partial charge in [-0.2, -0.15) is 0 Å². The smallest absolute Gasteiger partial charge is 0.149 e. The van der Waals surface area contributed by atoms with Crippen molar-refractivity contribution >= 4 is 21.9 Å². The summed E-state index contributed by atoms with van der Waals surface area (Å²) in [4.78, 5) is 10.6. The number of pyridine rings is 1. The highest BCUT2D eigenvalue weighted by molar-refractivity contribution is 6.01. The number of nitrogens with zero attached hydrogens (tertiary/aromatic N) is 3. The lowest BCUT2D eigenvalue weighted by molar-refractivity contribution is 0.475. The number of aryl methyl sites for hydroxylation is 1. The lowest BCUT2D eigenvalue weighted by Crippen LogP contribution is -2.16. The summed E-state index contributed by atoms with van der Waals surface area (Å²) in [7, 11) is 0. The number of phenolic OH excluding ortho intramolecular Hbond substituents is 1. The molecule has 6 aromatic carbocycles. The molecule has 0 atom stereocenters. The maximum atomic E-state index is 11.8. The number of aromatic nitrogens is 3. The number of fused-ring (bicyclic) bond motifs is 2. The van der Waals surface area contributed by atoms with Gasteiger partial charge in [0.15, 0.2) is 0 Å². The predicted molar refractivity (Wildman–Crippen MR) is 278 cm³/mol. The first-order chi connectivity index (χ1) is 30.2. The van der Waals surface area contributed by atoms with Gasteiger partial charge in [-0.3, -0.25) is 9.55 Å². The molecule has 0 fully saturated rings. The number of phenols is 1. The van der Waals surface area contributed by atoms with Gasteiger partial charge in [0.2, 0.25) is 0 Å². The number of aromatic hydroxyl groups is 1. The molecule has 8 aromatic rings. The zero-order chi connectivity index (χ0) is 47.2. The number of hydrogen-bond acceptors (Lipinski definition) is 3. The molecule has 0 amide bonds. The molecule has 0 spiro atoms. The lowest BCUT2D eigenvalue weighted by atomic mass is 9.78. The van der Waals surface area contributed by atoms with Gasteiger partial charge in [0, 0.05) is 28.4 Å². The third-order valence-corrected chi connectivity index (χ3v) is 13.3. The van der Waals surface area contributed by atoms with Crippen LogP contribution in [-0.2, 0) is 27.1 Å². The maximum absolute atomic E-state index is 11.8. The monoisotopic (exact) mass is 860 g/mol. The quantitative estimate of drug-likeness (QED) is 0.188. The average Bonchev–Trinajstić information content (AvgIpc) is 3.61. The Morgan fingerprint density at radius 1 is 0.431 bits per heavy atom. The average molecular weight is 860 g/mol. The summed E-state index contributed by atoms with van der Waals surface area (Å²) in [6.45, 7) is 36.2. The van der Waals surface area contributed by atoms with Gasteiger partial charge in [0.05, 0.1) is 22.1 Å². The van der Waals surface area contributed by atoms with Crippen LogP contribution in [0.3, 0.4) is 0 Å². The normalized spacial score (nSPS) is 13.0. The van der Waals surface area contributed by atoms with Gasteiger partial charge in [-0.25, -0.2) is 4.98 Å². The van der Waals surface area contributed by atoms with Crippen molar-refractivity contribution in [1.82, 2.24) is 14.5 Å². The van der Waals surface area contributed by atoms with Crippen molar-refractivity contribution < 1.29 is 5.11 Å². The second kappa shape index (κ2) is 15.9. The third-order valence-electron chi connectivity index (χ3n) is 13.3. The Hall–Kier alpha value is -6.00. The van der Waals surface area contributed by atoms with E-state index in [2.05, 4.69) is 218 Å². The zero-order valence-electron chi connectivity index (χ0n) is 41.8. The van der Waals surface area contributed by atoms with E-state index in [1.165, 1.54) is 38.8 Å². The maximum Gasteiger partial charge on any atom is 0.149 e. The minimum atomic E-state index is -0.142. The van der Waals surface area contributed by atoms with Gasteiger partial charge < -0.3 is 5.11 Å². The Bertz CT molecular complexity index is 3080. The first kappa shape index (κ1) is 45.6. The van der Waals surface area contributed by atoms with Gasteiger partial charge >= 0.3 is 0 Å². The number of benzene rings is 6. The molecule has 4 nitrogen and oxygen atoms in total. The molecular formula is C61H69N3O. The highest BCUT2D eigenvalue weighted by atomic mass is 16.3. The molecule has 0 aliphatic carbocycles. The topological polar surface area (TPSA) is 50.9 Å². The second-order valence-corrected chi connectivity index (χ2v) is 23.6. The molecule has 334 valence electrons. The van der Waals surface area contributed by atoms with Crippen LogP contribution in [0, 0.1) is 6.92 Å². The van der Waals surface area contributed by atoms with Crippen molar-refractivity contribution in [2.24, 2.45) is 0 Å². The molecule has 2 heterocycles. The van der Waals surface area contributed by atoms with Crippen LogP contribution in [-0.4, -0.2) is 19.6 Å². The van der Waals surface area contributed by atoms with Crippen molar-refractivity contribution in [3.05, 3.63) is 155 Å². The van der Waals surface area contributed by atoms with Crippen LogP contribution in [0.5, 0.6) is 5.75 Å². The molecule has 0 radical (unpaired) electrons. The van der Waals surface area contributed by atoms with E-state index in [1.807, 2.05) is 18.3 Å². The summed E-state index contributed by atoms with van der Waals surface area (Å²) in [5.74, 6) is 0.898. The molecule has 0 unspecified atom stereocenters. The molecule has 65 heavy (non-hydrogen) atoms. The SMILES string of the molecule is Cc1ccnc2c(-c3cccc(-c4cc(-c5cc(C(C)(C)C)cc(C(C)(C)C)c5)cc5c4nc(-c4cc(C(C)(C)C)ccc4O)n5-c4ccc(C(C)(C)C)cc4)c3)cc(C(C)(C)C)cc12.